The van der Waals surface area contributed by atoms with E-state index in [-0.39, 0.29) is 18.5 Å². The summed E-state index contributed by atoms with van der Waals surface area (Å²) >= 11 is 1.85. The highest BCUT2D eigenvalue weighted by Gasteiger charge is 2.42. The third kappa shape index (κ3) is 3.32. The van der Waals surface area contributed by atoms with Crippen LogP contribution in [-0.4, -0.2) is 65.1 Å². The molecule has 0 aromatic heterocycles. The summed E-state index contributed by atoms with van der Waals surface area (Å²) in [6, 6.07) is -0.337. The lowest BCUT2D eigenvalue weighted by Gasteiger charge is -2.34. The molecule has 2 heterocycles. The van der Waals surface area contributed by atoms with E-state index in [0.29, 0.717) is 11.7 Å². The number of carbonyl (C=O) groups excluding carboxylic acids is 1. The fourth-order valence-electron chi connectivity index (χ4n) is 2.56. The first-order chi connectivity index (χ1) is 8.37. The maximum Gasteiger partial charge on any atom is 0.406 e. The number of amides is 1. The van der Waals surface area contributed by atoms with Gasteiger partial charge in [0.2, 0.25) is 5.91 Å². The number of thioether (sulfide) groups is 1. The monoisotopic (exact) mass is 282 g/mol. The average Bonchev–Trinajstić information content (AvgIpc) is 2.58. The number of nitrogens with zero attached hydrogens (tertiary/aromatic N) is 2. The lowest BCUT2D eigenvalue weighted by atomic mass is 10.2. The second-order valence-corrected chi connectivity index (χ2v) is 6.40. The van der Waals surface area contributed by atoms with Crippen LogP contribution in [0.2, 0.25) is 0 Å². The SMILES string of the molecule is C[C@H]1CN([C@H]2CCN(CC(F)(F)F)C2=O)CCS1. The standard InChI is InChI=1S/C11H17F3N2OS/c1-8-6-15(4-5-18-8)9-2-3-16(10(9)17)7-11(12,13)14/h8-9H,2-7H2,1H3/t8-,9-/m0/s1. The number of rotatable bonds is 2. The van der Waals surface area contributed by atoms with Gasteiger partial charge < -0.3 is 4.90 Å². The molecule has 0 saturated carbocycles. The van der Waals surface area contributed by atoms with Crippen LogP contribution in [0.1, 0.15) is 13.3 Å². The maximum absolute atomic E-state index is 12.3. The van der Waals surface area contributed by atoms with Crippen LogP contribution in [0.4, 0.5) is 13.2 Å². The molecule has 2 rings (SSSR count). The van der Waals surface area contributed by atoms with E-state index in [9.17, 15) is 18.0 Å². The Morgan fingerprint density at radius 3 is 2.72 bits per heavy atom. The lowest BCUT2D eigenvalue weighted by Crippen LogP contribution is -2.48. The van der Waals surface area contributed by atoms with E-state index < -0.39 is 12.7 Å². The second-order valence-electron chi connectivity index (χ2n) is 4.86. The Bertz CT molecular complexity index is 324. The molecule has 3 nitrogen and oxygen atoms in total. The van der Waals surface area contributed by atoms with Crippen molar-refractivity contribution in [3.63, 3.8) is 0 Å². The van der Waals surface area contributed by atoms with Crippen LogP contribution in [0, 0.1) is 0 Å². The molecule has 0 aromatic rings. The molecule has 18 heavy (non-hydrogen) atoms. The molecule has 0 N–H and O–H groups in total. The zero-order valence-electron chi connectivity index (χ0n) is 10.2. The van der Waals surface area contributed by atoms with Crippen molar-refractivity contribution in [2.45, 2.75) is 30.8 Å². The van der Waals surface area contributed by atoms with Crippen molar-refractivity contribution in [2.75, 3.05) is 31.9 Å². The Hall–Kier alpha value is -0.430. The summed E-state index contributed by atoms with van der Waals surface area (Å²) in [6.07, 6.45) is -3.78. The molecule has 0 unspecified atom stereocenters. The molecule has 104 valence electrons. The van der Waals surface area contributed by atoms with E-state index in [2.05, 4.69) is 6.92 Å². The van der Waals surface area contributed by atoms with Gasteiger partial charge >= 0.3 is 6.18 Å². The van der Waals surface area contributed by atoms with Crippen molar-refractivity contribution in [2.24, 2.45) is 0 Å². The van der Waals surface area contributed by atoms with Gasteiger partial charge in [0.15, 0.2) is 0 Å². The molecule has 2 saturated heterocycles. The van der Waals surface area contributed by atoms with E-state index in [0.717, 1.165) is 23.7 Å². The third-order valence-electron chi connectivity index (χ3n) is 3.35. The van der Waals surface area contributed by atoms with Crippen LogP contribution < -0.4 is 0 Å². The molecule has 0 aromatic carbocycles. The van der Waals surface area contributed by atoms with E-state index in [4.69, 9.17) is 0 Å². The van der Waals surface area contributed by atoms with Gasteiger partial charge in [-0.1, -0.05) is 6.92 Å². The van der Waals surface area contributed by atoms with Crippen molar-refractivity contribution in [3.8, 4) is 0 Å². The van der Waals surface area contributed by atoms with Crippen LogP contribution >= 0.6 is 11.8 Å². The molecule has 0 radical (unpaired) electrons. The molecular formula is C11H17F3N2OS. The molecule has 2 fully saturated rings. The molecule has 7 heteroatoms. The summed E-state index contributed by atoms with van der Waals surface area (Å²) in [4.78, 5) is 14.9. The number of alkyl halides is 3. The van der Waals surface area contributed by atoms with E-state index in [1.807, 2.05) is 16.7 Å². The van der Waals surface area contributed by atoms with E-state index in [1.54, 1.807) is 0 Å². The zero-order chi connectivity index (χ0) is 13.3. The van der Waals surface area contributed by atoms with Crippen LogP contribution in [0.3, 0.4) is 0 Å². The molecule has 2 aliphatic heterocycles. The van der Waals surface area contributed by atoms with Gasteiger partial charge in [-0.25, -0.2) is 0 Å². The van der Waals surface area contributed by atoms with Crippen molar-refractivity contribution in [1.29, 1.82) is 0 Å². The minimum absolute atomic E-state index is 0.223. The van der Waals surface area contributed by atoms with Crippen molar-refractivity contribution in [1.82, 2.24) is 9.80 Å². The lowest BCUT2D eigenvalue weighted by molar-refractivity contribution is -0.159. The topological polar surface area (TPSA) is 23.6 Å². The van der Waals surface area contributed by atoms with E-state index in [1.165, 1.54) is 0 Å². The van der Waals surface area contributed by atoms with Crippen LogP contribution in [-0.2, 0) is 4.79 Å². The van der Waals surface area contributed by atoms with Gasteiger partial charge in [-0.3, -0.25) is 9.69 Å². The Morgan fingerprint density at radius 2 is 2.11 bits per heavy atom. The summed E-state index contributed by atoms with van der Waals surface area (Å²) in [5, 5.41) is 0.447. The summed E-state index contributed by atoms with van der Waals surface area (Å²) in [5.74, 6) is 0.593. The van der Waals surface area contributed by atoms with Crippen LogP contribution in [0.15, 0.2) is 0 Å². The highest BCUT2D eigenvalue weighted by Crippen LogP contribution is 2.26. The van der Waals surface area contributed by atoms with Gasteiger partial charge in [-0.15, -0.1) is 0 Å². The molecular weight excluding hydrogens is 265 g/mol. The van der Waals surface area contributed by atoms with Gasteiger partial charge in [0.05, 0.1) is 6.04 Å². The first-order valence-electron chi connectivity index (χ1n) is 6.08. The fraction of sp³-hybridized carbons (Fsp3) is 0.909. The molecule has 0 bridgehead atoms. The normalized spacial score (nSPS) is 31.1. The third-order valence-corrected chi connectivity index (χ3v) is 4.49. The van der Waals surface area contributed by atoms with Crippen LogP contribution in [0.25, 0.3) is 0 Å². The predicted molar refractivity (Wildman–Crippen MR) is 64.5 cm³/mol. The van der Waals surface area contributed by atoms with Gasteiger partial charge in [0.1, 0.15) is 6.54 Å². The average molecular weight is 282 g/mol. The Balaban J connectivity index is 1.94. The quantitative estimate of drug-likeness (QED) is 0.768. The second kappa shape index (κ2) is 5.28. The first-order valence-corrected chi connectivity index (χ1v) is 7.13. The Morgan fingerprint density at radius 1 is 1.39 bits per heavy atom. The summed E-state index contributed by atoms with van der Waals surface area (Å²) in [5.41, 5.74) is 0. The highest BCUT2D eigenvalue weighted by molar-refractivity contribution is 7.99. The van der Waals surface area contributed by atoms with Gasteiger partial charge in [0, 0.05) is 30.6 Å². The minimum Gasteiger partial charge on any atom is -0.332 e. The number of hydrogen-bond acceptors (Lipinski definition) is 3. The van der Waals surface area contributed by atoms with Crippen molar-refractivity contribution in [3.05, 3.63) is 0 Å². The fourth-order valence-corrected chi connectivity index (χ4v) is 3.60. The number of halogens is 3. The van der Waals surface area contributed by atoms with E-state index >= 15 is 0 Å². The summed E-state index contributed by atoms with van der Waals surface area (Å²) in [6.45, 7) is 2.79. The summed E-state index contributed by atoms with van der Waals surface area (Å²) in [7, 11) is 0. The summed E-state index contributed by atoms with van der Waals surface area (Å²) < 4.78 is 36.9. The van der Waals surface area contributed by atoms with Crippen LogP contribution in [0.5, 0.6) is 0 Å². The molecule has 1 amide bonds. The molecule has 2 atom stereocenters. The van der Waals surface area contributed by atoms with Crippen molar-refractivity contribution >= 4 is 17.7 Å². The van der Waals surface area contributed by atoms with Gasteiger partial charge in [-0.2, -0.15) is 24.9 Å². The number of carbonyl (C=O) groups is 1. The number of likely N-dealkylation sites (tertiary alicyclic amines) is 1. The zero-order valence-corrected chi connectivity index (χ0v) is 11.1. The molecule has 0 aliphatic carbocycles. The molecule has 0 spiro atoms. The minimum atomic E-state index is -4.30. The smallest absolute Gasteiger partial charge is 0.332 e. The highest BCUT2D eigenvalue weighted by atomic mass is 32.2. The predicted octanol–water partition coefficient (Wildman–Crippen LogP) is 1.59. The number of hydrogen-bond donors (Lipinski definition) is 0. The Kier molecular flexibility index (Phi) is 4.11. The molecule has 2 aliphatic rings. The first kappa shape index (κ1) is 14.0. The van der Waals surface area contributed by atoms with Crippen molar-refractivity contribution < 1.29 is 18.0 Å². The Labute approximate surface area is 109 Å². The van der Waals surface area contributed by atoms with Gasteiger partial charge in [-0.05, 0) is 6.42 Å². The van der Waals surface area contributed by atoms with Gasteiger partial charge in [0.25, 0.3) is 0 Å². The maximum atomic E-state index is 12.3. The largest absolute Gasteiger partial charge is 0.406 e.